The van der Waals surface area contributed by atoms with Crippen LogP contribution in [0.1, 0.15) is 23.6 Å². The lowest BCUT2D eigenvalue weighted by Crippen LogP contribution is -2.38. The van der Waals surface area contributed by atoms with Gasteiger partial charge in [-0.25, -0.2) is 4.99 Å². The third-order valence-electron chi connectivity index (χ3n) is 4.83. The summed E-state index contributed by atoms with van der Waals surface area (Å²) in [7, 11) is 1.94. The van der Waals surface area contributed by atoms with Gasteiger partial charge in [0, 0.05) is 46.0 Å². The molecule has 0 amide bonds. The molecule has 0 saturated carbocycles. The van der Waals surface area contributed by atoms with Gasteiger partial charge in [-0.1, -0.05) is 24.3 Å². The fourth-order valence-electron chi connectivity index (χ4n) is 3.30. The minimum atomic E-state index is 0.669. The van der Waals surface area contributed by atoms with E-state index in [2.05, 4.69) is 51.8 Å². The molecule has 0 bridgehead atoms. The Bertz CT molecular complexity index is 751. The Morgan fingerprint density at radius 3 is 2.68 bits per heavy atom. The number of aliphatic imine (C=N–C) groups is 1. The number of benzene rings is 1. The van der Waals surface area contributed by atoms with Gasteiger partial charge >= 0.3 is 0 Å². The molecule has 1 aliphatic rings. The Labute approximate surface area is 167 Å². The maximum atomic E-state index is 5.46. The van der Waals surface area contributed by atoms with Crippen LogP contribution in [0.25, 0.3) is 0 Å². The molecule has 0 atom stereocenters. The zero-order valence-corrected chi connectivity index (χ0v) is 17.0. The van der Waals surface area contributed by atoms with E-state index in [9.17, 15) is 0 Å². The van der Waals surface area contributed by atoms with Gasteiger partial charge < -0.3 is 15.4 Å². The molecule has 28 heavy (non-hydrogen) atoms. The summed E-state index contributed by atoms with van der Waals surface area (Å²) < 4.78 is 7.29. The van der Waals surface area contributed by atoms with Crippen molar-refractivity contribution in [1.29, 1.82) is 0 Å². The Morgan fingerprint density at radius 2 is 1.96 bits per heavy atom. The van der Waals surface area contributed by atoms with Crippen LogP contribution in [0.2, 0.25) is 0 Å². The minimum absolute atomic E-state index is 0.669. The van der Waals surface area contributed by atoms with Crippen LogP contribution in [-0.4, -0.2) is 60.0 Å². The van der Waals surface area contributed by atoms with Crippen molar-refractivity contribution in [2.24, 2.45) is 12.0 Å². The molecule has 2 N–H and O–H groups in total. The van der Waals surface area contributed by atoms with Gasteiger partial charge in [0.15, 0.2) is 5.96 Å². The summed E-state index contributed by atoms with van der Waals surface area (Å²) in [5.41, 5.74) is 3.85. The third kappa shape index (κ3) is 6.35. The van der Waals surface area contributed by atoms with E-state index in [1.165, 1.54) is 16.7 Å². The zero-order chi connectivity index (χ0) is 19.6. The lowest BCUT2D eigenvalue weighted by atomic mass is 10.1. The summed E-state index contributed by atoms with van der Waals surface area (Å²) in [6.07, 6.45) is 4.88. The van der Waals surface area contributed by atoms with Crippen LogP contribution in [0.5, 0.6) is 0 Å². The van der Waals surface area contributed by atoms with Crippen LogP contribution in [0.3, 0.4) is 0 Å². The van der Waals surface area contributed by atoms with Crippen LogP contribution in [-0.2, 0) is 31.3 Å². The van der Waals surface area contributed by atoms with Crippen LogP contribution in [0, 0.1) is 0 Å². The number of morpholine rings is 1. The van der Waals surface area contributed by atoms with E-state index >= 15 is 0 Å². The summed E-state index contributed by atoms with van der Waals surface area (Å²) in [6.45, 7) is 9.03. The first-order valence-corrected chi connectivity index (χ1v) is 10.1. The van der Waals surface area contributed by atoms with Crippen molar-refractivity contribution in [2.45, 2.75) is 26.4 Å². The highest BCUT2D eigenvalue weighted by atomic mass is 16.5. The molecule has 2 aromatic rings. The monoisotopic (exact) mass is 384 g/mol. The van der Waals surface area contributed by atoms with Crippen molar-refractivity contribution >= 4 is 5.96 Å². The second-order valence-corrected chi connectivity index (χ2v) is 7.05. The van der Waals surface area contributed by atoms with E-state index in [0.717, 1.165) is 58.3 Å². The summed E-state index contributed by atoms with van der Waals surface area (Å²) in [6, 6.07) is 8.60. The maximum Gasteiger partial charge on any atom is 0.191 e. The molecule has 3 rings (SSSR count). The Morgan fingerprint density at radius 1 is 1.18 bits per heavy atom. The van der Waals surface area contributed by atoms with Gasteiger partial charge in [0.25, 0.3) is 0 Å². The lowest BCUT2D eigenvalue weighted by molar-refractivity contribution is 0.0341. The van der Waals surface area contributed by atoms with Crippen LogP contribution in [0.15, 0.2) is 41.7 Å². The average Bonchev–Trinajstić information content (AvgIpc) is 3.13. The number of hydrogen-bond donors (Lipinski definition) is 2. The van der Waals surface area contributed by atoms with Crippen LogP contribution < -0.4 is 10.6 Å². The fourth-order valence-corrected chi connectivity index (χ4v) is 3.30. The van der Waals surface area contributed by atoms with E-state index < -0.39 is 0 Å². The van der Waals surface area contributed by atoms with Crippen molar-refractivity contribution < 1.29 is 4.74 Å². The van der Waals surface area contributed by atoms with Gasteiger partial charge in [-0.15, -0.1) is 0 Å². The molecule has 1 aromatic heterocycles. The molecule has 0 spiro atoms. The zero-order valence-electron chi connectivity index (χ0n) is 17.0. The molecular formula is C21H32N6O. The van der Waals surface area contributed by atoms with Gasteiger partial charge in [0.05, 0.1) is 26.0 Å². The van der Waals surface area contributed by atoms with Gasteiger partial charge in [0.2, 0.25) is 0 Å². The molecule has 1 aromatic carbocycles. The van der Waals surface area contributed by atoms with Crippen molar-refractivity contribution in [3.63, 3.8) is 0 Å². The number of nitrogens with zero attached hydrogens (tertiary/aromatic N) is 4. The first kappa shape index (κ1) is 20.4. The van der Waals surface area contributed by atoms with E-state index in [0.29, 0.717) is 6.54 Å². The SMILES string of the molecule is CCNC(=NCc1ccccc1CN1CCOCC1)NCCc1cnn(C)c1. The van der Waals surface area contributed by atoms with Crippen molar-refractivity contribution in [1.82, 2.24) is 25.3 Å². The highest BCUT2D eigenvalue weighted by molar-refractivity contribution is 5.79. The second kappa shape index (κ2) is 10.8. The molecule has 1 aliphatic heterocycles. The fraction of sp³-hybridized carbons (Fsp3) is 0.524. The highest BCUT2D eigenvalue weighted by Crippen LogP contribution is 2.14. The van der Waals surface area contributed by atoms with E-state index in [1.807, 2.05) is 24.1 Å². The number of guanidine groups is 1. The number of aryl methyl sites for hydroxylation is 1. The molecule has 1 saturated heterocycles. The Hall–Kier alpha value is -2.38. The molecular weight excluding hydrogens is 352 g/mol. The van der Waals surface area contributed by atoms with E-state index in [4.69, 9.17) is 9.73 Å². The number of aromatic nitrogens is 2. The number of ether oxygens (including phenoxy) is 1. The molecule has 1 fully saturated rings. The topological polar surface area (TPSA) is 66.7 Å². The molecule has 2 heterocycles. The van der Waals surface area contributed by atoms with Crippen LogP contribution in [0.4, 0.5) is 0 Å². The number of nitrogens with one attached hydrogen (secondary N) is 2. The standard InChI is InChI=1S/C21H32N6O/c1-3-22-21(23-9-8-18-14-25-26(2)16-18)24-15-19-6-4-5-7-20(19)17-27-10-12-28-13-11-27/h4-7,14,16H,3,8-13,15,17H2,1-2H3,(H2,22,23,24). The second-order valence-electron chi connectivity index (χ2n) is 7.05. The number of rotatable bonds is 8. The Balaban J connectivity index is 1.57. The van der Waals surface area contributed by atoms with E-state index in [1.54, 1.807) is 0 Å². The predicted octanol–water partition coefficient (Wildman–Crippen LogP) is 1.55. The van der Waals surface area contributed by atoms with Crippen molar-refractivity contribution in [3.8, 4) is 0 Å². The van der Waals surface area contributed by atoms with Crippen LogP contribution >= 0.6 is 0 Å². The quantitative estimate of drug-likeness (QED) is 0.534. The summed E-state index contributed by atoms with van der Waals surface area (Å²) in [5, 5.41) is 11.0. The predicted molar refractivity (Wildman–Crippen MR) is 112 cm³/mol. The van der Waals surface area contributed by atoms with Gasteiger partial charge in [-0.3, -0.25) is 9.58 Å². The molecule has 0 unspecified atom stereocenters. The lowest BCUT2D eigenvalue weighted by Gasteiger charge is -2.27. The Kier molecular flexibility index (Phi) is 7.87. The first-order chi connectivity index (χ1) is 13.7. The number of hydrogen-bond acceptors (Lipinski definition) is 4. The average molecular weight is 385 g/mol. The molecule has 7 heteroatoms. The summed E-state index contributed by atoms with van der Waals surface area (Å²) >= 11 is 0. The largest absolute Gasteiger partial charge is 0.379 e. The smallest absolute Gasteiger partial charge is 0.191 e. The third-order valence-corrected chi connectivity index (χ3v) is 4.83. The molecule has 152 valence electrons. The van der Waals surface area contributed by atoms with Gasteiger partial charge in [-0.05, 0) is 30.0 Å². The van der Waals surface area contributed by atoms with E-state index in [-0.39, 0.29) is 0 Å². The summed E-state index contributed by atoms with van der Waals surface area (Å²) in [5.74, 6) is 0.854. The normalized spacial score (nSPS) is 15.6. The maximum absolute atomic E-state index is 5.46. The molecule has 0 radical (unpaired) electrons. The molecule has 7 nitrogen and oxygen atoms in total. The highest BCUT2D eigenvalue weighted by Gasteiger charge is 2.12. The van der Waals surface area contributed by atoms with Gasteiger partial charge in [0.1, 0.15) is 0 Å². The molecule has 0 aliphatic carbocycles. The minimum Gasteiger partial charge on any atom is -0.379 e. The first-order valence-electron chi connectivity index (χ1n) is 10.1. The van der Waals surface area contributed by atoms with Gasteiger partial charge in [-0.2, -0.15) is 5.10 Å². The van der Waals surface area contributed by atoms with Crippen molar-refractivity contribution in [2.75, 3.05) is 39.4 Å². The van der Waals surface area contributed by atoms with Crippen molar-refractivity contribution in [3.05, 3.63) is 53.3 Å². The summed E-state index contributed by atoms with van der Waals surface area (Å²) in [4.78, 5) is 7.25.